The maximum Gasteiger partial charge on any atom is 0.315 e. The fourth-order valence-electron chi connectivity index (χ4n) is 3.18. The maximum atomic E-state index is 12.3. The van der Waals surface area contributed by atoms with Gasteiger partial charge in [-0.05, 0) is 44.5 Å². The first-order valence-electron chi connectivity index (χ1n) is 9.03. The molecule has 2 amide bonds. The second kappa shape index (κ2) is 9.20. The Morgan fingerprint density at radius 3 is 2.40 bits per heavy atom. The number of nitrogens with one attached hydrogen (secondary N) is 3. The minimum atomic E-state index is -3.49. The SMILES string of the molecule is CNS(=O)(=O)c1cccc(C(C)NC(=O)NC2CCCCCCC2)c1. The van der Waals surface area contributed by atoms with Crippen molar-refractivity contribution in [2.45, 2.75) is 68.8 Å². The highest BCUT2D eigenvalue weighted by Gasteiger charge is 2.17. The quantitative estimate of drug-likeness (QED) is 0.747. The Kier molecular flexibility index (Phi) is 7.25. The highest BCUT2D eigenvalue weighted by molar-refractivity contribution is 7.89. The van der Waals surface area contributed by atoms with Gasteiger partial charge >= 0.3 is 6.03 Å². The third-order valence-electron chi connectivity index (χ3n) is 4.73. The molecule has 140 valence electrons. The molecular weight excluding hydrogens is 338 g/mol. The second-order valence-electron chi connectivity index (χ2n) is 6.66. The van der Waals surface area contributed by atoms with Gasteiger partial charge in [0.1, 0.15) is 0 Å². The molecule has 3 N–H and O–H groups in total. The zero-order chi connectivity index (χ0) is 18.3. The Labute approximate surface area is 150 Å². The van der Waals surface area contributed by atoms with E-state index in [1.54, 1.807) is 12.1 Å². The van der Waals surface area contributed by atoms with Gasteiger partial charge in [-0.3, -0.25) is 0 Å². The summed E-state index contributed by atoms with van der Waals surface area (Å²) >= 11 is 0. The zero-order valence-corrected chi connectivity index (χ0v) is 15.9. The molecule has 1 saturated carbocycles. The van der Waals surface area contributed by atoms with Crippen LogP contribution in [0.4, 0.5) is 4.79 Å². The first kappa shape index (κ1) is 19.7. The summed E-state index contributed by atoms with van der Waals surface area (Å²) in [5.74, 6) is 0. The average molecular weight is 368 g/mol. The van der Waals surface area contributed by atoms with Crippen LogP contribution in [0.5, 0.6) is 0 Å². The molecule has 0 radical (unpaired) electrons. The number of carbonyl (C=O) groups excluding carboxylic acids is 1. The Morgan fingerprint density at radius 1 is 1.12 bits per heavy atom. The molecule has 1 aromatic carbocycles. The normalized spacial score (nSPS) is 18.0. The van der Waals surface area contributed by atoms with Crippen LogP contribution in [0.25, 0.3) is 0 Å². The van der Waals surface area contributed by atoms with Crippen molar-refractivity contribution in [2.24, 2.45) is 0 Å². The van der Waals surface area contributed by atoms with Gasteiger partial charge in [0.25, 0.3) is 0 Å². The summed E-state index contributed by atoms with van der Waals surface area (Å²) in [5.41, 5.74) is 0.754. The minimum absolute atomic E-state index is 0.194. The van der Waals surface area contributed by atoms with Gasteiger partial charge in [0.15, 0.2) is 0 Å². The molecule has 1 unspecified atom stereocenters. The van der Waals surface area contributed by atoms with Crippen LogP contribution in [0.1, 0.15) is 63.5 Å². The predicted molar refractivity (Wildman–Crippen MR) is 98.9 cm³/mol. The zero-order valence-electron chi connectivity index (χ0n) is 15.0. The molecular formula is C18H29N3O3S. The lowest BCUT2D eigenvalue weighted by molar-refractivity contribution is 0.231. The smallest absolute Gasteiger partial charge is 0.315 e. The number of hydrogen-bond donors (Lipinski definition) is 3. The van der Waals surface area contributed by atoms with Crippen LogP contribution in [0, 0.1) is 0 Å². The number of carbonyl (C=O) groups is 1. The van der Waals surface area contributed by atoms with Crippen LogP contribution in [0.15, 0.2) is 29.2 Å². The third kappa shape index (κ3) is 6.01. The van der Waals surface area contributed by atoms with Crippen LogP contribution in [0.2, 0.25) is 0 Å². The molecule has 1 aliphatic rings. The molecule has 1 atom stereocenters. The largest absolute Gasteiger partial charge is 0.335 e. The van der Waals surface area contributed by atoms with Crippen LogP contribution >= 0.6 is 0 Å². The molecule has 7 heteroatoms. The molecule has 0 spiro atoms. The summed E-state index contributed by atoms with van der Waals surface area (Å²) in [4.78, 5) is 12.5. The van der Waals surface area contributed by atoms with Gasteiger partial charge in [-0.2, -0.15) is 0 Å². The van der Waals surface area contributed by atoms with E-state index in [1.165, 1.54) is 32.4 Å². The van der Waals surface area contributed by atoms with Crippen molar-refractivity contribution in [3.05, 3.63) is 29.8 Å². The second-order valence-corrected chi connectivity index (χ2v) is 8.55. The standard InChI is InChI=1S/C18H29N3O3S/c1-14(15-9-8-12-17(13-15)25(23,24)19-2)20-18(22)21-16-10-6-4-3-5-7-11-16/h8-9,12-14,16,19H,3-7,10-11H2,1-2H3,(H2,20,21,22). The lowest BCUT2D eigenvalue weighted by atomic mass is 9.97. The maximum absolute atomic E-state index is 12.3. The first-order valence-corrected chi connectivity index (χ1v) is 10.5. The lowest BCUT2D eigenvalue weighted by Crippen LogP contribution is -2.43. The van der Waals surface area contributed by atoms with E-state index in [2.05, 4.69) is 15.4 Å². The summed E-state index contributed by atoms with van der Waals surface area (Å²) in [6.45, 7) is 1.85. The molecule has 0 saturated heterocycles. The van der Waals surface area contributed by atoms with Crippen LogP contribution in [-0.4, -0.2) is 27.5 Å². The number of urea groups is 1. The summed E-state index contributed by atoms with van der Waals surface area (Å²) < 4.78 is 26.1. The van der Waals surface area contributed by atoms with Crippen molar-refractivity contribution in [1.82, 2.24) is 15.4 Å². The molecule has 2 rings (SSSR count). The van der Waals surface area contributed by atoms with E-state index in [-0.39, 0.29) is 23.0 Å². The number of benzene rings is 1. The number of hydrogen-bond acceptors (Lipinski definition) is 3. The summed E-state index contributed by atoms with van der Waals surface area (Å²) in [6, 6.07) is 6.38. The van der Waals surface area contributed by atoms with E-state index in [4.69, 9.17) is 0 Å². The van der Waals surface area contributed by atoms with E-state index in [0.29, 0.717) is 0 Å². The van der Waals surface area contributed by atoms with Crippen LogP contribution in [0.3, 0.4) is 0 Å². The monoisotopic (exact) mass is 367 g/mol. The molecule has 0 heterocycles. The number of sulfonamides is 1. The Morgan fingerprint density at radius 2 is 1.76 bits per heavy atom. The van der Waals surface area contributed by atoms with Gasteiger partial charge in [0.2, 0.25) is 10.0 Å². The van der Waals surface area contributed by atoms with Gasteiger partial charge < -0.3 is 10.6 Å². The lowest BCUT2D eigenvalue weighted by Gasteiger charge is -2.23. The molecule has 6 nitrogen and oxygen atoms in total. The molecule has 0 bridgehead atoms. The van der Waals surface area contributed by atoms with Crippen molar-refractivity contribution in [2.75, 3.05) is 7.05 Å². The van der Waals surface area contributed by atoms with Crippen molar-refractivity contribution >= 4 is 16.1 Å². The molecule has 0 aromatic heterocycles. The highest BCUT2D eigenvalue weighted by atomic mass is 32.2. The summed E-state index contributed by atoms with van der Waals surface area (Å²) in [7, 11) is -2.11. The molecule has 1 aliphatic carbocycles. The molecule has 1 fully saturated rings. The predicted octanol–water partition coefficient (Wildman–Crippen LogP) is 3.07. The summed E-state index contributed by atoms with van der Waals surface area (Å²) in [5, 5.41) is 5.97. The van der Waals surface area contributed by atoms with Crippen LogP contribution < -0.4 is 15.4 Å². The fraction of sp³-hybridized carbons (Fsp3) is 0.611. The summed E-state index contributed by atoms with van der Waals surface area (Å²) in [6.07, 6.45) is 8.14. The number of rotatable bonds is 5. The third-order valence-corrected chi connectivity index (χ3v) is 6.14. The van der Waals surface area contributed by atoms with Crippen molar-refractivity contribution in [3.63, 3.8) is 0 Å². The van der Waals surface area contributed by atoms with Crippen LogP contribution in [-0.2, 0) is 10.0 Å². The van der Waals surface area contributed by atoms with E-state index < -0.39 is 10.0 Å². The van der Waals surface area contributed by atoms with Gasteiger partial charge in [0, 0.05) is 6.04 Å². The van der Waals surface area contributed by atoms with E-state index >= 15 is 0 Å². The van der Waals surface area contributed by atoms with E-state index in [1.807, 2.05) is 13.0 Å². The fourth-order valence-corrected chi connectivity index (χ4v) is 3.96. The van der Waals surface area contributed by atoms with Gasteiger partial charge in [-0.15, -0.1) is 0 Å². The first-order chi connectivity index (χ1) is 11.9. The molecule has 25 heavy (non-hydrogen) atoms. The van der Waals surface area contributed by atoms with Gasteiger partial charge in [-0.25, -0.2) is 17.9 Å². The van der Waals surface area contributed by atoms with E-state index in [9.17, 15) is 13.2 Å². The average Bonchev–Trinajstić information content (AvgIpc) is 2.57. The molecule has 0 aliphatic heterocycles. The Hall–Kier alpha value is -1.60. The Balaban J connectivity index is 1.95. The van der Waals surface area contributed by atoms with Crippen molar-refractivity contribution in [1.29, 1.82) is 0 Å². The number of amides is 2. The molecule has 1 aromatic rings. The van der Waals surface area contributed by atoms with Gasteiger partial charge in [-0.1, -0.05) is 44.2 Å². The van der Waals surface area contributed by atoms with Crippen molar-refractivity contribution < 1.29 is 13.2 Å². The minimum Gasteiger partial charge on any atom is -0.335 e. The topological polar surface area (TPSA) is 87.3 Å². The van der Waals surface area contributed by atoms with Crippen molar-refractivity contribution in [3.8, 4) is 0 Å². The van der Waals surface area contributed by atoms with Gasteiger partial charge in [0.05, 0.1) is 10.9 Å². The Bertz CT molecular complexity index is 668. The highest BCUT2D eigenvalue weighted by Crippen LogP contribution is 2.19. The van der Waals surface area contributed by atoms with E-state index in [0.717, 1.165) is 31.2 Å².